The van der Waals surface area contributed by atoms with Crippen LogP contribution in [0.1, 0.15) is 42.5 Å². The number of nitrogens with zero attached hydrogens (tertiary/aromatic N) is 6. The number of imidazole rings is 1. The van der Waals surface area contributed by atoms with Crippen molar-refractivity contribution in [3.8, 4) is 0 Å². The summed E-state index contributed by atoms with van der Waals surface area (Å²) in [6.45, 7) is 4.74. The van der Waals surface area contributed by atoms with Crippen LogP contribution in [0.2, 0.25) is 0 Å². The van der Waals surface area contributed by atoms with Crippen molar-refractivity contribution >= 4 is 23.3 Å². The monoisotopic (exact) mass is 456 g/mol. The smallest absolute Gasteiger partial charge is 0.137 e. The van der Waals surface area contributed by atoms with Crippen LogP contribution in [0.3, 0.4) is 0 Å². The highest BCUT2D eigenvalue weighted by Gasteiger charge is 2.45. The fraction of sp³-hybridized carbons (Fsp3) is 0.462. The van der Waals surface area contributed by atoms with E-state index in [9.17, 15) is 0 Å². The number of hydrogen-bond donors (Lipinski definition) is 2. The maximum Gasteiger partial charge on any atom is 0.137 e. The Kier molecular flexibility index (Phi) is 5.74. The molecular formula is C26H32N8. The molecule has 2 atom stereocenters. The molecule has 3 aromatic heterocycles. The van der Waals surface area contributed by atoms with Gasteiger partial charge in [-0.15, -0.1) is 0 Å². The Hall–Kier alpha value is -3.26. The minimum atomic E-state index is 0.471. The highest BCUT2D eigenvalue weighted by Crippen LogP contribution is 2.46. The van der Waals surface area contributed by atoms with E-state index in [1.165, 1.54) is 31.2 Å². The predicted molar refractivity (Wildman–Crippen MR) is 135 cm³/mol. The van der Waals surface area contributed by atoms with E-state index in [1.807, 2.05) is 12.4 Å². The SMILES string of the molecule is NN=C(C=NCc1cn2cc(CNCC3CCC3)ccc2n1)c1cncc(N2CC3CC3C2)c1. The first-order chi connectivity index (χ1) is 16.7. The molecule has 4 heterocycles. The molecule has 3 N–H and O–H groups in total. The number of hydrogen-bond acceptors (Lipinski definition) is 7. The van der Waals surface area contributed by atoms with E-state index in [-0.39, 0.29) is 0 Å². The highest BCUT2D eigenvalue weighted by molar-refractivity contribution is 6.38. The molecule has 1 aliphatic heterocycles. The summed E-state index contributed by atoms with van der Waals surface area (Å²) in [5, 5.41) is 7.54. The van der Waals surface area contributed by atoms with E-state index in [0.717, 1.165) is 66.5 Å². The van der Waals surface area contributed by atoms with Gasteiger partial charge in [-0.05, 0) is 61.3 Å². The molecule has 0 spiro atoms. The number of nitrogens with one attached hydrogen (secondary N) is 1. The lowest BCUT2D eigenvalue weighted by atomic mass is 9.85. The van der Waals surface area contributed by atoms with Gasteiger partial charge in [0.2, 0.25) is 0 Å². The van der Waals surface area contributed by atoms with Gasteiger partial charge >= 0.3 is 0 Å². The molecule has 3 aromatic rings. The van der Waals surface area contributed by atoms with Crippen molar-refractivity contribution in [3.63, 3.8) is 0 Å². The topological polar surface area (TPSA) is 96.2 Å². The highest BCUT2D eigenvalue weighted by atomic mass is 15.2. The van der Waals surface area contributed by atoms with Crippen LogP contribution in [-0.2, 0) is 13.1 Å². The molecule has 2 saturated carbocycles. The Morgan fingerprint density at radius 1 is 1.18 bits per heavy atom. The lowest BCUT2D eigenvalue weighted by Crippen LogP contribution is -2.26. The lowest BCUT2D eigenvalue weighted by Gasteiger charge is -2.25. The van der Waals surface area contributed by atoms with Gasteiger partial charge in [0.25, 0.3) is 0 Å². The largest absolute Gasteiger partial charge is 0.370 e. The summed E-state index contributed by atoms with van der Waals surface area (Å²) in [5.41, 5.74) is 5.76. The maximum absolute atomic E-state index is 5.70. The minimum absolute atomic E-state index is 0.471. The summed E-state index contributed by atoms with van der Waals surface area (Å²) in [5.74, 6) is 8.31. The summed E-state index contributed by atoms with van der Waals surface area (Å²) in [4.78, 5) is 16.1. The third kappa shape index (κ3) is 4.55. The number of anilines is 1. The molecule has 8 nitrogen and oxygen atoms in total. The molecule has 1 saturated heterocycles. The molecule has 8 heteroatoms. The first-order valence-electron chi connectivity index (χ1n) is 12.4. The van der Waals surface area contributed by atoms with Gasteiger partial charge in [0, 0.05) is 50.0 Å². The summed E-state index contributed by atoms with van der Waals surface area (Å²) in [6, 6.07) is 6.33. The van der Waals surface area contributed by atoms with Gasteiger partial charge in [-0.25, -0.2) is 4.98 Å². The van der Waals surface area contributed by atoms with Crippen molar-refractivity contribution in [2.24, 2.45) is 33.7 Å². The summed E-state index contributed by atoms with van der Waals surface area (Å²) >= 11 is 0. The molecule has 6 rings (SSSR count). The van der Waals surface area contributed by atoms with Crippen molar-refractivity contribution in [2.75, 3.05) is 24.5 Å². The predicted octanol–water partition coefficient (Wildman–Crippen LogP) is 3.01. The molecule has 34 heavy (non-hydrogen) atoms. The van der Waals surface area contributed by atoms with E-state index in [1.54, 1.807) is 12.4 Å². The van der Waals surface area contributed by atoms with Gasteiger partial charge < -0.3 is 20.5 Å². The van der Waals surface area contributed by atoms with E-state index in [4.69, 9.17) is 10.8 Å². The normalized spacial score (nSPS) is 22.5. The average molecular weight is 457 g/mol. The first kappa shape index (κ1) is 21.3. The van der Waals surface area contributed by atoms with Gasteiger partial charge in [0.1, 0.15) is 11.4 Å². The Bertz CT molecular complexity index is 1210. The van der Waals surface area contributed by atoms with Crippen molar-refractivity contribution in [1.82, 2.24) is 19.7 Å². The van der Waals surface area contributed by atoms with Gasteiger partial charge in [-0.1, -0.05) is 12.5 Å². The third-order valence-electron chi connectivity index (χ3n) is 7.52. The minimum Gasteiger partial charge on any atom is -0.370 e. The van der Waals surface area contributed by atoms with Crippen LogP contribution in [0.15, 0.2) is 53.1 Å². The molecule has 0 amide bonds. The Balaban J connectivity index is 1.08. The molecule has 176 valence electrons. The molecule has 2 unspecified atom stereocenters. The number of fused-ring (bicyclic) bond motifs is 2. The van der Waals surface area contributed by atoms with E-state index >= 15 is 0 Å². The van der Waals surface area contributed by atoms with Gasteiger partial charge in [-0.3, -0.25) is 9.98 Å². The number of pyridine rings is 2. The molecule has 3 aliphatic rings. The Morgan fingerprint density at radius 3 is 2.85 bits per heavy atom. The quantitative estimate of drug-likeness (QED) is 0.293. The molecule has 0 bridgehead atoms. The second kappa shape index (κ2) is 9.18. The first-order valence-corrected chi connectivity index (χ1v) is 12.4. The number of aliphatic imine (C=N–C) groups is 1. The van der Waals surface area contributed by atoms with Crippen LogP contribution in [0.4, 0.5) is 5.69 Å². The summed E-state index contributed by atoms with van der Waals surface area (Å²) in [7, 11) is 0. The lowest BCUT2D eigenvalue weighted by molar-refractivity contribution is 0.301. The fourth-order valence-corrected chi connectivity index (χ4v) is 5.15. The zero-order valence-electron chi connectivity index (χ0n) is 19.5. The maximum atomic E-state index is 5.70. The zero-order chi connectivity index (χ0) is 22.9. The van der Waals surface area contributed by atoms with Crippen LogP contribution in [0.25, 0.3) is 5.65 Å². The van der Waals surface area contributed by atoms with Gasteiger partial charge in [-0.2, -0.15) is 5.10 Å². The Morgan fingerprint density at radius 2 is 2.06 bits per heavy atom. The second-order valence-corrected chi connectivity index (χ2v) is 10.0. The average Bonchev–Trinajstić information content (AvgIpc) is 3.24. The molecule has 0 radical (unpaired) electrons. The van der Waals surface area contributed by atoms with Crippen molar-refractivity contribution in [3.05, 3.63) is 59.8 Å². The summed E-state index contributed by atoms with van der Waals surface area (Å²) in [6.07, 6.45) is 15.1. The molecule has 0 aromatic carbocycles. The molecule has 3 fully saturated rings. The molecular weight excluding hydrogens is 424 g/mol. The van der Waals surface area contributed by atoms with Crippen molar-refractivity contribution in [1.29, 1.82) is 0 Å². The van der Waals surface area contributed by atoms with E-state index < -0.39 is 0 Å². The third-order valence-corrected chi connectivity index (χ3v) is 7.52. The van der Waals surface area contributed by atoms with Crippen molar-refractivity contribution < 1.29 is 0 Å². The number of nitrogens with two attached hydrogens (primary N) is 1. The fourth-order valence-electron chi connectivity index (χ4n) is 5.15. The van der Waals surface area contributed by atoms with E-state index in [2.05, 4.69) is 54.1 Å². The number of piperidine rings is 1. The second-order valence-electron chi connectivity index (χ2n) is 10.0. The van der Waals surface area contributed by atoms with Crippen LogP contribution < -0.4 is 16.1 Å². The molecule has 2 aliphatic carbocycles. The van der Waals surface area contributed by atoms with Crippen LogP contribution in [0.5, 0.6) is 0 Å². The van der Waals surface area contributed by atoms with Gasteiger partial charge in [0.15, 0.2) is 0 Å². The van der Waals surface area contributed by atoms with Crippen LogP contribution in [0, 0.1) is 17.8 Å². The van der Waals surface area contributed by atoms with Crippen molar-refractivity contribution in [2.45, 2.75) is 38.8 Å². The van der Waals surface area contributed by atoms with Gasteiger partial charge in [0.05, 0.1) is 24.1 Å². The zero-order valence-corrected chi connectivity index (χ0v) is 19.5. The Labute approximate surface area is 200 Å². The van der Waals surface area contributed by atoms with Crippen LogP contribution in [-0.4, -0.2) is 45.9 Å². The number of hydrazone groups is 1. The van der Waals surface area contributed by atoms with Crippen LogP contribution >= 0.6 is 0 Å². The summed E-state index contributed by atoms with van der Waals surface area (Å²) < 4.78 is 2.08. The standard InChI is InChI=1S/C26H32N8/c27-32-25(20-7-24(12-29-10-20)33-15-21-6-22(21)16-33)13-30-11-23-17-34-14-19(4-5-26(34)31-23)9-28-8-18-2-1-3-18/h4-5,7,10,12-14,17-18,21-22,28H,1-3,6,8-9,11,15-16,27H2. The number of aromatic nitrogens is 3. The van der Waals surface area contributed by atoms with E-state index in [0.29, 0.717) is 12.3 Å². The number of rotatable bonds is 9.